The van der Waals surface area contributed by atoms with Crippen LogP contribution in [0.5, 0.6) is 0 Å². The van der Waals surface area contributed by atoms with Crippen LogP contribution in [-0.2, 0) is 14.8 Å². The van der Waals surface area contributed by atoms with Crippen LogP contribution in [-0.4, -0.2) is 69.9 Å². The van der Waals surface area contributed by atoms with Crippen molar-refractivity contribution in [1.29, 1.82) is 0 Å². The quantitative estimate of drug-likeness (QED) is 0.220. The molecule has 28 heavy (non-hydrogen) atoms. The fourth-order valence-corrected chi connectivity index (χ4v) is 4.71. The van der Waals surface area contributed by atoms with Gasteiger partial charge in [-0.1, -0.05) is 0 Å². The number of sulfonamides is 1. The van der Waals surface area contributed by atoms with E-state index in [9.17, 15) is 13.2 Å². The highest BCUT2D eigenvalue weighted by Gasteiger charge is 2.42. The number of halogens is 1. The zero-order valence-electron chi connectivity index (χ0n) is 15.8. The third-order valence-electron chi connectivity index (χ3n) is 5.01. The first-order valence-corrected chi connectivity index (χ1v) is 10.5. The lowest BCUT2D eigenvalue weighted by Gasteiger charge is -2.40. The molecule has 1 spiro atoms. The number of rotatable bonds is 5. The number of aromatic nitrogens is 1. The molecule has 1 aromatic rings. The number of nitrogens with zero attached hydrogens (tertiary/aromatic N) is 3. The van der Waals surface area contributed by atoms with Crippen molar-refractivity contribution in [2.75, 3.05) is 39.8 Å². The van der Waals surface area contributed by atoms with E-state index in [1.807, 2.05) is 0 Å². The first kappa shape index (κ1) is 22.8. The molecule has 156 valence electrons. The molecule has 2 aliphatic rings. The summed E-state index contributed by atoms with van der Waals surface area (Å²) < 4.78 is 26.9. The van der Waals surface area contributed by atoms with E-state index >= 15 is 0 Å². The summed E-state index contributed by atoms with van der Waals surface area (Å²) in [5, 5.41) is 6.14. The fraction of sp³-hybridized carbons (Fsp3) is 0.588. The van der Waals surface area contributed by atoms with Gasteiger partial charge in [0.25, 0.3) is 0 Å². The molecule has 0 radical (unpaired) electrons. The van der Waals surface area contributed by atoms with Crippen LogP contribution in [0.15, 0.2) is 34.4 Å². The molecule has 3 rings (SSSR count). The molecule has 0 saturated carbocycles. The number of piperidine rings is 1. The number of pyridine rings is 1. The summed E-state index contributed by atoms with van der Waals surface area (Å²) in [6.45, 7) is 3.00. The molecule has 0 bridgehead atoms. The molecule has 0 aliphatic carbocycles. The van der Waals surface area contributed by atoms with E-state index in [0.717, 1.165) is 31.9 Å². The topological polar surface area (TPSA) is 116 Å². The van der Waals surface area contributed by atoms with Crippen LogP contribution in [0.1, 0.15) is 19.3 Å². The number of hydrogen-bond donors (Lipinski definition) is 3. The van der Waals surface area contributed by atoms with Gasteiger partial charge in [0.2, 0.25) is 15.9 Å². The van der Waals surface area contributed by atoms with Gasteiger partial charge < -0.3 is 15.5 Å². The van der Waals surface area contributed by atoms with Gasteiger partial charge in [-0.05, 0) is 25.0 Å². The first-order chi connectivity index (χ1) is 12.9. The van der Waals surface area contributed by atoms with E-state index in [1.165, 1.54) is 18.5 Å². The number of likely N-dealkylation sites (tertiary alicyclic amines) is 1. The van der Waals surface area contributed by atoms with Gasteiger partial charge in [-0.3, -0.25) is 14.8 Å². The molecule has 1 aromatic heterocycles. The maximum atomic E-state index is 12.2. The molecule has 1 unspecified atom stereocenters. The van der Waals surface area contributed by atoms with Crippen molar-refractivity contribution in [2.45, 2.75) is 24.2 Å². The van der Waals surface area contributed by atoms with E-state index in [2.05, 4.69) is 30.2 Å². The molecular formula is C17H27IN6O3S. The maximum Gasteiger partial charge on any atom is 0.242 e. The van der Waals surface area contributed by atoms with E-state index in [0.29, 0.717) is 19.5 Å². The van der Waals surface area contributed by atoms with E-state index in [-0.39, 0.29) is 46.7 Å². The van der Waals surface area contributed by atoms with Crippen LogP contribution >= 0.6 is 24.0 Å². The molecular weight excluding hydrogens is 495 g/mol. The first-order valence-electron chi connectivity index (χ1n) is 9.06. The van der Waals surface area contributed by atoms with Crippen LogP contribution in [0.25, 0.3) is 0 Å². The van der Waals surface area contributed by atoms with Crippen LogP contribution in [0.3, 0.4) is 0 Å². The molecule has 1 amide bonds. The monoisotopic (exact) mass is 522 g/mol. The number of carbonyl (C=O) groups is 1. The molecule has 2 saturated heterocycles. The Morgan fingerprint density at radius 1 is 1.43 bits per heavy atom. The Morgan fingerprint density at radius 3 is 2.89 bits per heavy atom. The number of guanidine groups is 1. The second-order valence-corrected chi connectivity index (χ2v) is 8.81. The van der Waals surface area contributed by atoms with E-state index < -0.39 is 10.0 Å². The van der Waals surface area contributed by atoms with Gasteiger partial charge in [-0.25, -0.2) is 13.1 Å². The summed E-state index contributed by atoms with van der Waals surface area (Å²) in [7, 11) is -1.86. The molecule has 2 aliphatic heterocycles. The normalized spacial score (nSPS) is 22.7. The highest BCUT2D eigenvalue weighted by atomic mass is 127. The Hall–Kier alpha value is -1.47. The smallest absolute Gasteiger partial charge is 0.242 e. The standard InChI is InChI=1S/C17H26N6O3S.HI/c1-18-16(23-9-3-5-17(13-23)10-15(24)21-12-17)20-7-8-22-27(25,26)14-4-2-6-19-11-14;/h2,4,6,11,22H,3,5,7-10,12-13H2,1H3,(H,18,20)(H,21,24);1H. The van der Waals surface area contributed by atoms with Crippen molar-refractivity contribution < 1.29 is 13.2 Å². The third-order valence-corrected chi connectivity index (χ3v) is 6.46. The predicted octanol–water partition coefficient (Wildman–Crippen LogP) is 0.155. The molecule has 1 atom stereocenters. The molecule has 3 N–H and O–H groups in total. The average Bonchev–Trinajstić information content (AvgIpc) is 3.02. The lowest BCUT2D eigenvalue weighted by molar-refractivity contribution is -0.119. The average molecular weight is 522 g/mol. The largest absolute Gasteiger partial charge is 0.355 e. The third kappa shape index (κ3) is 5.54. The van der Waals surface area contributed by atoms with Gasteiger partial charge >= 0.3 is 0 Å². The second kappa shape index (κ2) is 9.83. The minimum Gasteiger partial charge on any atom is -0.355 e. The maximum absolute atomic E-state index is 12.2. The predicted molar refractivity (Wildman–Crippen MR) is 117 cm³/mol. The van der Waals surface area contributed by atoms with Gasteiger partial charge in [0.15, 0.2) is 5.96 Å². The zero-order chi connectivity index (χ0) is 19.3. The summed E-state index contributed by atoms with van der Waals surface area (Å²) in [6, 6.07) is 3.09. The number of carbonyl (C=O) groups excluding carboxylic acids is 1. The van der Waals surface area contributed by atoms with Crippen molar-refractivity contribution >= 4 is 45.9 Å². The van der Waals surface area contributed by atoms with Crippen molar-refractivity contribution in [2.24, 2.45) is 10.4 Å². The summed E-state index contributed by atoms with van der Waals surface area (Å²) in [6.07, 6.45) is 5.45. The van der Waals surface area contributed by atoms with Crippen molar-refractivity contribution in [3.05, 3.63) is 24.5 Å². The molecule has 9 nitrogen and oxygen atoms in total. The minimum atomic E-state index is -3.57. The number of amides is 1. The Labute approximate surface area is 182 Å². The van der Waals surface area contributed by atoms with Crippen molar-refractivity contribution in [3.63, 3.8) is 0 Å². The molecule has 3 heterocycles. The molecule has 0 aromatic carbocycles. The second-order valence-electron chi connectivity index (χ2n) is 7.04. The lowest BCUT2D eigenvalue weighted by atomic mass is 9.79. The highest BCUT2D eigenvalue weighted by molar-refractivity contribution is 14.0. The summed E-state index contributed by atoms with van der Waals surface area (Å²) in [4.78, 5) is 22.1. The number of aliphatic imine (C=N–C) groups is 1. The van der Waals surface area contributed by atoms with E-state index in [4.69, 9.17) is 0 Å². The zero-order valence-corrected chi connectivity index (χ0v) is 19.0. The van der Waals surface area contributed by atoms with Gasteiger partial charge in [0.1, 0.15) is 4.90 Å². The summed E-state index contributed by atoms with van der Waals surface area (Å²) in [5.41, 5.74) is -0.0190. The van der Waals surface area contributed by atoms with Crippen molar-refractivity contribution in [3.8, 4) is 0 Å². The Morgan fingerprint density at radius 2 is 2.25 bits per heavy atom. The summed E-state index contributed by atoms with van der Waals surface area (Å²) in [5.74, 6) is 0.846. The highest BCUT2D eigenvalue weighted by Crippen LogP contribution is 2.35. The van der Waals surface area contributed by atoms with Gasteiger partial charge in [-0.15, -0.1) is 24.0 Å². The minimum absolute atomic E-state index is 0. The molecule has 11 heteroatoms. The van der Waals surface area contributed by atoms with Gasteiger partial charge in [-0.2, -0.15) is 0 Å². The number of hydrogen-bond acceptors (Lipinski definition) is 5. The fourth-order valence-electron chi connectivity index (χ4n) is 3.71. The SMILES string of the molecule is CN=C(NCCNS(=O)(=O)c1cccnc1)N1CCCC2(CNC(=O)C2)C1.I. The van der Waals surface area contributed by atoms with Crippen LogP contribution in [0, 0.1) is 5.41 Å². The van der Waals surface area contributed by atoms with Gasteiger partial charge in [0.05, 0.1) is 0 Å². The Balaban J connectivity index is 0.00000280. The van der Waals surface area contributed by atoms with Crippen molar-refractivity contribution in [1.82, 2.24) is 25.2 Å². The van der Waals surface area contributed by atoms with Gasteiger partial charge in [0, 0.05) is 64.0 Å². The Kier molecular flexibility index (Phi) is 8.01. The molecule has 2 fully saturated rings. The van der Waals surface area contributed by atoms with Crippen LogP contribution in [0.2, 0.25) is 0 Å². The summed E-state index contributed by atoms with van der Waals surface area (Å²) >= 11 is 0. The lowest BCUT2D eigenvalue weighted by Crippen LogP contribution is -2.52. The number of nitrogens with one attached hydrogen (secondary N) is 3. The van der Waals surface area contributed by atoms with Crippen LogP contribution in [0.4, 0.5) is 0 Å². The van der Waals surface area contributed by atoms with Crippen LogP contribution < -0.4 is 15.4 Å². The Bertz CT molecular complexity index is 804. The van der Waals surface area contributed by atoms with E-state index in [1.54, 1.807) is 13.1 Å².